The third-order valence-electron chi connectivity index (χ3n) is 1.81. The van der Waals surface area contributed by atoms with Gasteiger partial charge in [0, 0.05) is 25.8 Å². The zero-order valence-corrected chi connectivity index (χ0v) is 8.79. The Morgan fingerprint density at radius 2 is 2.40 bits per heavy atom. The Morgan fingerprint density at radius 1 is 1.60 bits per heavy atom. The molecule has 0 fully saturated rings. The summed E-state index contributed by atoms with van der Waals surface area (Å²) in [5, 5.41) is 2.70. The normalized spacial score (nSPS) is 10.2. The predicted molar refractivity (Wildman–Crippen MR) is 56.6 cm³/mol. The number of nitrogens with two attached hydrogens (primary N) is 1. The standard InChI is InChI=1S/C10H16N2O3/c1-2-14-7-3-6-12-10(13)8-4-5-9(11)15-8/h4-5H,2-3,6-7,11H2,1H3,(H,12,13). The molecule has 0 atom stereocenters. The van der Waals surface area contributed by atoms with E-state index in [0.29, 0.717) is 19.8 Å². The molecule has 0 saturated heterocycles. The number of rotatable bonds is 6. The lowest BCUT2D eigenvalue weighted by atomic mass is 10.4. The highest BCUT2D eigenvalue weighted by molar-refractivity contribution is 5.91. The molecule has 0 saturated carbocycles. The van der Waals surface area contributed by atoms with E-state index >= 15 is 0 Å². The van der Waals surface area contributed by atoms with Gasteiger partial charge in [0.15, 0.2) is 11.6 Å². The van der Waals surface area contributed by atoms with E-state index in [9.17, 15) is 4.79 Å². The van der Waals surface area contributed by atoms with Gasteiger partial charge >= 0.3 is 0 Å². The SMILES string of the molecule is CCOCCCNC(=O)c1ccc(N)o1. The van der Waals surface area contributed by atoms with Crippen LogP contribution in [0.25, 0.3) is 0 Å². The molecule has 0 radical (unpaired) electrons. The lowest BCUT2D eigenvalue weighted by molar-refractivity contribution is 0.0918. The van der Waals surface area contributed by atoms with Crippen LogP contribution in [0.15, 0.2) is 16.5 Å². The molecule has 0 aliphatic heterocycles. The lowest BCUT2D eigenvalue weighted by Gasteiger charge is -2.02. The van der Waals surface area contributed by atoms with E-state index in [-0.39, 0.29) is 17.6 Å². The smallest absolute Gasteiger partial charge is 0.287 e. The van der Waals surface area contributed by atoms with Gasteiger partial charge in [-0.15, -0.1) is 0 Å². The molecule has 5 heteroatoms. The van der Waals surface area contributed by atoms with Crippen LogP contribution >= 0.6 is 0 Å². The molecule has 5 nitrogen and oxygen atoms in total. The molecule has 1 aromatic rings. The molecule has 0 bridgehead atoms. The van der Waals surface area contributed by atoms with Gasteiger partial charge in [-0.3, -0.25) is 4.79 Å². The third-order valence-corrected chi connectivity index (χ3v) is 1.81. The van der Waals surface area contributed by atoms with Crippen molar-refractivity contribution >= 4 is 11.8 Å². The number of hydrogen-bond acceptors (Lipinski definition) is 4. The highest BCUT2D eigenvalue weighted by atomic mass is 16.5. The maximum atomic E-state index is 11.4. The number of nitrogens with one attached hydrogen (secondary N) is 1. The summed E-state index contributed by atoms with van der Waals surface area (Å²) < 4.78 is 10.1. The van der Waals surface area contributed by atoms with E-state index < -0.39 is 0 Å². The second-order valence-electron chi connectivity index (χ2n) is 3.01. The molecule has 3 N–H and O–H groups in total. The minimum Gasteiger partial charge on any atom is -0.436 e. The second-order valence-corrected chi connectivity index (χ2v) is 3.01. The van der Waals surface area contributed by atoms with Crippen LogP contribution in [0.1, 0.15) is 23.9 Å². The summed E-state index contributed by atoms with van der Waals surface area (Å²) in [5.41, 5.74) is 5.34. The van der Waals surface area contributed by atoms with Crippen molar-refractivity contribution in [2.45, 2.75) is 13.3 Å². The summed E-state index contributed by atoms with van der Waals surface area (Å²) in [5.74, 6) is 0.238. The van der Waals surface area contributed by atoms with Gasteiger partial charge in [0.1, 0.15) is 0 Å². The topological polar surface area (TPSA) is 77.5 Å². The van der Waals surface area contributed by atoms with Gasteiger partial charge in [-0.25, -0.2) is 0 Å². The molecule has 0 aliphatic rings. The van der Waals surface area contributed by atoms with Crippen molar-refractivity contribution in [1.82, 2.24) is 5.32 Å². The highest BCUT2D eigenvalue weighted by Crippen LogP contribution is 2.08. The number of carbonyl (C=O) groups excluding carboxylic acids is 1. The largest absolute Gasteiger partial charge is 0.436 e. The molecule has 0 spiro atoms. The highest BCUT2D eigenvalue weighted by Gasteiger charge is 2.08. The van der Waals surface area contributed by atoms with E-state index in [4.69, 9.17) is 14.9 Å². The minimum atomic E-state index is -0.247. The zero-order valence-electron chi connectivity index (χ0n) is 8.79. The summed E-state index contributed by atoms with van der Waals surface area (Å²) in [6.07, 6.45) is 0.787. The summed E-state index contributed by atoms with van der Waals surface area (Å²) >= 11 is 0. The first-order valence-corrected chi connectivity index (χ1v) is 4.95. The molecule has 1 heterocycles. The molecule has 1 amide bonds. The number of nitrogen functional groups attached to an aromatic ring is 1. The molecular weight excluding hydrogens is 196 g/mol. The van der Waals surface area contributed by atoms with Crippen LogP contribution in [0.5, 0.6) is 0 Å². The molecule has 0 aliphatic carbocycles. The fraction of sp³-hybridized carbons (Fsp3) is 0.500. The number of ether oxygens (including phenoxy) is 1. The molecule has 0 unspecified atom stereocenters. The van der Waals surface area contributed by atoms with Crippen molar-refractivity contribution < 1.29 is 13.9 Å². The molecule has 84 valence electrons. The monoisotopic (exact) mass is 212 g/mol. The first-order chi connectivity index (χ1) is 7.24. The van der Waals surface area contributed by atoms with Crippen LogP contribution in [0.3, 0.4) is 0 Å². The summed E-state index contributed by atoms with van der Waals surface area (Å²) in [6, 6.07) is 3.10. The Hall–Kier alpha value is -1.49. The molecule has 1 aromatic heterocycles. The van der Waals surface area contributed by atoms with Crippen LogP contribution in [-0.2, 0) is 4.74 Å². The fourth-order valence-corrected chi connectivity index (χ4v) is 1.08. The maximum Gasteiger partial charge on any atom is 0.287 e. The fourth-order valence-electron chi connectivity index (χ4n) is 1.08. The van der Waals surface area contributed by atoms with Gasteiger partial charge in [-0.1, -0.05) is 0 Å². The van der Waals surface area contributed by atoms with Gasteiger partial charge < -0.3 is 20.2 Å². The second kappa shape index (κ2) is 6.08. The maximum absolute atomic E-state index is 11.4. The number of anilines is 1. The quantitative estimate of drug-likeness (QED) is 0.690. The van der Waals surface area contributed by atoms with Gasteiger partial charge in [-0.05, 0) is 19.4 Å². The Morgan fingerprint density at radius 3 is 3.00 bits per heavy atom. The van der Waals surface area contributed by atoms with Crippen molar-refractivity contribution in [3.05, 3.63) is 17.9 Å². The Bertz CT molecular complexity index is 309. The number of hydrogen-bond donors (Lipinski definition) is 2. The van der Waals surface area contributed by atoms with Gasteiger partial charge in [0.05, 0.1) is 0 Å². The van der Waals surface area contributed by atoms with Crippen LogP contribution < -0.4 is 11.1 Å². The first-order valence-electron chi connectivity index (χ1n) is 4.95. The molecule has 15 heavy (non-hydrogen) atoms. The average Bonchev–Trinajstić information content (AvgIpc) is 2.64. The average molecular weight is 212 g/mol. The number of furan rings is 1. The van der Waals surface area contributed by atoms with Crippen molar-refractivity contribution in [2.75, 3.05) is 25.5 Å². The van der Waals surface area contributed by atoms with E-state index in [2.05, 4.69) is 5.32 Å². The number of carbonyl (C=O) groups is 1. The van der Waals surface area contributed by atoms with E-state index in [1.807, 2.05) is 6.92 Å². The van der Waals surface area contributed by atoms with E-state index in [1.54, 1.807) is 12.1 Å². The van der Waals surface area contributed by atoms with E-state index in [0.717, 1.165) is 6.42 Å². The Labute approximate surface area is 88.6 Å². The van der Waals surface area contributed by atoms with Crippen LogP contribution in [0.2, 0.25) is 0 Å². The van der Waals surface area contributed by atoms with Gasteiger partial charge in [0.2, 0.25) is 0 Å². The third kappa shape index (κ3) is 4.03. The van der Waals surface area contributed by atoms with Gasteiger partial charge in [-0.2, -0.15) is 0 Å². The van der Waals surface area contributed by atoms with Crippen molar-refractivity contribution in [3.63, 3.8) is 0 Å². The summed E-state index contributed by atoms with van der Waals surface area (Å²) in [4.78, 5) is 11.4. The van der Waals surface area contributed by atoms with Crippen molar-refractivity contribution in [2.24, 2.45) is 0 Å². The van der Waals surface area contributed by atoms with Crippen LogP contribution in [-0.4, -0.2) is 25.7 Å². The summed E-state index contributed by atoms with van der Waals surface area (Å²) in [7, 11) is 0. The Kier molecular flexibility index (Phi) is 4.70. The number of amides is 1. The zero-order chi connectivity index (χ0) is 11.1. The van der Waals surface area contributed by atoms with Crippen LogP contribution in [0.4, 0.5) is 5.88 Å². The molecular formula is C10H16N2O3. The first kappa shape index (κ1) is 11.6. The molecule has 1 rings (SSSR count). The van der Waals surface area contributed by atoms with E-state index in [1.165, 1.54) is 0 Å². The summed E-state index contributed by atoms with van der Waals surface area (Å²) in [6.45, 7) is 3.85. The van der Waals surface area contributed by atoms with Crippen molar-refractivity contribution in [3.8, 4) is 0 Å². The van der Waals surface area contributed by atoms with Crippen LogP contribution in [0, 0.1) is 0 Å². The van der Waals surface area contributed by atoms with Gasteiger partial charge in [0.25, 0.3) is 5.91 Å². The predicted octanol–water partition coefficient (Wildman–Crippen LogP) is 1.02. The minimum absolute atomic E-state index is 0.240. The van der Waals surface area contributed by atoms with Crippen molar-refractivity contribution in [1.29, 1.82) is 0 Å². The Balaban J connectivity index is 2.19. The molecule has 0 aromatic carbocycles. The lowest BCUT2D eigenvalue weighted by Crippen LogP contribution is -2.24.